The van der Waals surface area contributed by atoms with E-state index in [4.69, 9.17) is 0 Å². The summed E-state index contributed by atoms with van der Waals surface area (Å²) in [6, 6.07) is 8.56. The van der Waals surface area contributed by atoms with Crippen LogP contribution in [0, 0.1) is 6.92 Å². The van der Waals surface area contributed by atoms with E-state index in [0.717, 1.165) is 43.1 Å². The van der Waals surface area contributed by atoms with Crippen LogP contribution in [0.2, 0.25) is 0 Å². The zero-order valence-electron chi connectivity index (χ0n) is 12.1. The van der Waals surface area contributed by atoms with Gasteiger partial charge in [-0.1, -0.05) is 0 Å². The maximum Gasteiger partial charge on any atom is 0.159 e. The smallest absolute Gasteiger partial charge is 0.159 e. The van der Waals surface area contributed by atoms with E-state index in [1.54, 1.807) is 0 Å². The van der Waals surface area contributed by atoms with Crippen molar-refractivity contribution in [3.05, 3.63) is 42.2 Å². The van der Waals surface area contributed by atoms with Gasteiger partial charge in [-0.05, 0) is 43.8 Å². The van der Waals surface area contributed by atoms with Crippen LogP contribution in [0.15, 0.2) is 36.7 Å². The van der Waals surface area contributed by atoms with Crippen LogP contribution in [0.25, 0.3) is 11.4 Å². The molecule has 104 valence electrons. The van der Waals surface area contributed by atoms with Crippen molar-refractivity contribution in [3.63, 3.8) is 0 Å². The largest absolute Gasteiger partial charge is 0.369 e. The molecule has 1 fully saturated rings. The molecule has 0 spiro atoms. The number of aryl methyl sites for hydroxylation is 1. The topological polar surface area (TPSA) is 32.3 Å². The van der Waals surface area contributed by atoms with Crippen molar-refractivity contribution in [1.29, 1.82) is 0 Å². The Kier molecular flexibility index (Phi) is 3.65. The Morgan fingerprint density at radius 2 is 1.50 bits per heavy atom. The van der Waals surface area contributed by atoms with Crippen LogP contribution in [0.3, 0.4) is 0 Å². The molecule has 20 heavy (non-hydrogen) atoms. The number of aromatic nitrogens is 2. The van der Waals surface area contributed by atoms with Crippen LogP contribution in [0.4, 0.5) is 5.69 Å². The van der Waals surface area contributed by atoms with Gasteiger partial charge in [0.15, 0.2) is 5.82 Å². The minimum Gasteiger partial charge on any atom is -0.369 e. The van der Waals surface area contributed by atoms with Crippen molar-refractivity contribution in [1.82, 2.24) is 14.9 Å². The molecule has 1 aromatic carbocycles. The highest BCUT2D eigenvalue weighted by molar-refractivity contribution is 5.60. The van der Waals surface area contributed by atoms with Gasteiger partial charge in [-0.2, -0.15) is 0 Å². The van der Waals surface area contributed by atoms with Crippen molar-refractivity contribution in [3.8, 4) is 11.4 Å². The van der Waals surface area contributed by atoms with E-state index in [-0.39, 0.29) is 0 Å². The highest BCUT2D eigenvalue weighted by Gasteiger charge is 2.14. The SMILES string of the molecule is Cc1cnc(-c2ccc(N3CCN(C)CC3)cc2)nc1. The molecule has 2 aromatic rings. The molecule has 1 aliphatic rings. The predicted molar refractivity (Wildman–Crippen MR) is 81.9 cm³/mol. The summed E-state index contributed by atoms with van der Waals surface area (Å²) in [6.45, 7) is 6.44. The van der Waals surface area contributed by atoms with Crippen molar-refractivity contribution >= 4 is 5.69 Å². The van der Waals surface area contributed by atoms with Crippen LogP contribution in [0.1, 0.15) is 5.56 Å². The number of nitrogens with zero attached hydrogens (tertiary/aromatic N) is 4. The summed E-state index contributed by atoms with van der Waals surface area (Å²) in [5, 5.41) is 0. The molecule has 0 bridgehead atoms. The molecule has 1 saturated heterocycles. The van der Waals surface area contributed by atoms with Gasteiger partial charge in [0.1, 0.15) is 0 Å². The molecule has 0 radical (unpaired) electrons. The summed E-state index contributed by atoms with van der Waals surface area (Å²) >= 11 is 0. The van der Waals surface area contributed by atoms with Crippen LogP contribution < -0.4 is 4.90 Å². The van der Waals surface area contributed by atoms with Gasteiger partial charge in [-0.25, -0.2) is 9.97 Å². The van der Waals surface area contributed by atoms with Gasteiger partial charge in [0.25, 0.3) is 0 Å². The van der Waals surface area contributed by atoms with E-state index in [0.29, 0.717) is 0 Å². The standard InChI is InChI=1S/C16H20N4/c1-13-11-17-16(18-12-13)14-3-5-15(6-4-14)20-9-7-19(2)8-10-20/h3-6,11-12H,7-10H2,1-2H3. The Balaban J connectivity index is 1.76. The third-order valence-corrected chi connectivity index (χ3v) is 3.77. The second-order valence-electron chi connectivity index (χ2n) is 5.42. The fourth-order valence-corrected chi connectivity index (χ4v) is 2.43. The Labute approximate surface area is 120 Å². The van der Waals surface area contributed by atoms with Crippen LogP contribution in [-0.4, -0.2) is 48.1 Å². The van der Waals surface area contributed by atoms with Gasteiger partial charge >= 0.3 is 0 Å². The number of benzene rings is 1. The van der Waals surface area contributed by atoms with Crippen molar-refractivity contribution in [2.24, 2.45) is 0 Å². The Hall–Kier alpha value is -1.94. The molecule has 0 unspecified atom stereocenters. The average Bonchev–Trinajstić information content (AvgIpc) is 2.49. The van der Waals surface area contributed by atoms with Crippen molar-refractivity contribution in [2.45, 2.75) is 6.92 Å². The van der Waals surface area contributed by atoms with Crippen LogP contribution in [0.5, 0.6) is 0 Å². The minimum absolute atomic E-state index is 0.792. The number of hydrogen-bond acceptors (Lipinski definition) is 4. The molecular weight excluding hydrogens is 248 g/mol. The highest BCUT2D eigenvalue weighted by atomic mass is 15.2. The monoisotopic (exact) mass is 268 g/mol. The van der Waals surface area contributed by atoms with Crippen molar-refractivity contribution in [2.75, 3.05) is 38.1 Å². The van der Waals surface area contributed by atoms with Gasteiger partial charge in [-0.3, -0.25) is 0 Å². The Morgan fingerprint density at radius 1 is 0.900 bits per heavy atom. The maximum absolute atomic E-state index is 4.37. The quantitative estimate of drug-likeness (QED) is 0.836. The first kappa shape index (κ1) is 13.1. The summed E-state index contributed by atoms with van der Waals surface area (Å²) in [5.74, 6) is 0.792. The Morgan fingerprint density at radius 3 is 2.10 bits per heavy atom. The molecule has 4 nitrogen and oxygen atoms in total. The third kappa shape index (κ3) is 2.80. The lowest BCUT2D eigenvalue weighted by Gasteiger charge is -2.34. The molecule has 0 N–H and O–H groups in total. The second-order valence-corrected chi connectivity index (χ2v) is 5.42. The van der Waals surface area contributed by atoms with Gasteiger partial charge in [0.2, 0.25) is 0 Å². The van der Waals surface area contributed by atoms with E-state index in [1.165, 1.54) is 5.69 Å². The van der Waals surface area contributed by atoms with Gasteiger partial charge in [-0.15, -0.1) is 0 Å². The van der Waals surface area contributed by atoms with Gasteiger partial charge < -0.3 is 9.80 Å². The molecular formula is C16H20N4. The first-order chi connectivity index (χ1) is 9.72. The predicted octanol–water partition coefficient (Wildman–Crippen LogP) is 2.20. The molecule has 4 heteroatoms. The molecule has 1 aliphatic heterocycles. The van der Waals surface area contributed by atoms with E-state index < -0.39 is 0 Å². The van der Waals surface area contributed by atoms with E-state index >= 15 is 0 Å². The maximum atomic E-state index is 4.37. The highest BCUT2D eigenvalue weighted by Crippen LogP contribution is 2.21. The molecule has 0 saturated carbocycles. The molecule has 1 aromatic heterocycles. The van der Waals surface area contributed by atoms with Crippen LogP contribution >= 0.6 is 0 Å². The zero-order valence-corrected chi connectivity index (χ0v) is 12.1. The molecule has 0 aliphatic carbocycles. The summed E-state index contributed by atoms with van der Waals surface area (Å²) in [5.41, 5.74) is 3.44. The first-order valence-corrected chi connectivity index (χ1v) is 7.05. The number of anilines is 1. The second kappa shape index (κ2) is 5.59. The molecule has 0 amide bonds. The van der Waals surface area contributed by atoms with Gasteiger partial charge in [0, 0.05) is 49.8 Å². The fraction of sp³-hybridized carbons (Fsp3) is 0.375. The normalized spacial score (nSPS) is 16.4. The summed E-state index contributed by atoms with van der Waals surface area (Å²) in [6.07, 6.45) is 3.72. The zero-order chi connectivity index (χ0) is 13.9. The molecule has 0 atom stereocenters. The molecule has 3 rings (SSSR count). The third-order valence-electron chi connectivity index (χ3n) is 3.77. The summed E-state index contributed by atoms with van der Waals surface area (Å²) in [4.78, 5) is 13.5. The number of hydrogen-bond donors (Lipinski definition) is 0. The Bertz CT molecular complexity index is 554. The number of rotatable bonds is 2. The van der Waals surface area contributed by atoms with E-state index in [1.807, 2.05) is 19.3 Å². The average molecular weight is 268 g/mol. The lowest BCUT2D eigenvalue weighted by atomic mass is 10.1. The van der Waals surface area contributed by atoms with Crippen LogP contribution in [-0.2, 0) is 0 Å². The van der Waals surface area contributed by atoms with E-state index in [2.05, 4.69) is 51.1 Å². The van der Waals surface area contributed by atoms with E-state index in [9.17, 15) is 0 Å². The summed E-state index contributed by atoms with van der Waals surface area (Å²) in [7, 11) is 2.18. The lowest BCUT2D eigenvalue weighted by Crippen LogP contribution is -2.44. The fourth-order valence-electron chi connectivity index (χ4n) is 2.43. The lowest BCUT2D eigenvalue weighted by molar-refractivity contribution is 0.313. The van der Waals surface area contributed by atoms with Crippen molar-refractivity contribution < 1.29 is 0 Å². The first-order valence-electron chi connectivity index (χ1n) is 7.05. The number of likely N-dealkylation sites (N-methyl/N-ethyl adjacent to an activating group) is 1. The summed E-state index contributed by atoms with van der Waals surface area (Å²) < 4.78 is 0. The molecule has 2 heterocycles. The number of piperazine rings is 1. The van der Waals surface area contributed by atoms with Gasteiger partial charge in [0.05, 0.1) is 0 Å². The minimum atomic E-state index is 0.792.